The van der Waals surface area contributed by atoms with Gasteiger partial charge in [0.15, 0.2) is 11.5 Å². The van der Waals surface area contributed by atoms with Crippen molar-refractivity contribution in [3.05, 3.63) is 18.0 Å². The number of aryl methyl sites for hydroxylation is 1. The fourth-order valence-corrected chi connectivity index (χ4v) is 3.52. The summed E-state index contributed by atoms with van der Waals surface area (Å²) in [6, 6.07) is 4.13. The number of nitrogens with one attached hydrogen (secondary N) is 1. The highest BCUT2D eigenvalue weighted by Crippen LogP contribution is 2.35. The number of rotatable bonds is 3. The number of ether oxygens (including phenoxy) is 2. The van der Waals surface area contributed by atoms with Crippen molar-refractivity contribution in [2.75, 3.05) is 26.3 Å². The number of aromatic nitrogens is 2. The molecule has 4 rings (SSSR count). The van der Waals surface area contributed by atoms with Gasteiger partial charge in [-0.25, -0.2) is 4.98 Å². The summed E-state index contributed by atoms with van der Waals surface area (Å²) in [6.45, 7) is 6.71. The average Bonchev–Trinajstić information content (AvgIpc) is 2.90. The predicted molar refractivity (Wildman–Crippen MR) is 85.7 cm³/mol. The van der Waals surface area contributed by atoms with Crippen molar-refractivity contribution in [1.29, 1.82) is 0 Å². The van der Waals surface area contributed by atoms with E-state index in [0.717, 1.165) is 48.9 Å². The zero-order valence-electron chi connectivity index (χ0n) is 13.1. The molecule has 118 valence electrons. The third-order valence-corrected chi connectivity index (χ3v) is 4.65. The minimum atomic E-state index is 0.619. The lowest BCUT2D eigenvalue weighted by Crippen LogP contribution is -2.32. The molecule has 1 fully saturated rings. The number of imidazole rings is 1. The fraction of sp³-hybridized carbons (Fsp3) is 0.588. The summed E-state index contributed by atoms with van der Waals surface area (Å²) < 4.78 is 13.8. The zero-order valence-corrected chi connectivity index (χ0v) is 13.1. The van der Waals surface area contributed by atoms with Gasteiger partial charge in [0.05, 0.1) is 11.0 Å². The topological polar surface area (TPSA) is 48.3 Å². The molecule has 5 heteroatoms. The van der Waals surface area contributed by atoms with E-state index in [-0.39, 0.29) is 0 Å². The summed E-state index contributed by atoms with van der Waals surface area (Å²) in [6.07, 6.45) is 3.51. The van der Waals surface area contributed by atoms with E-state index in [4.69, 9.17) is 14.5 Å². The van der Waals surface area contributed by atoms with Gasteiger partial charge in [0.1, 0.15) is 19.0 Å². The lowest BCUT2D eigenvalue weighted by molar-refractivity contribution is 0.172. The lowest BCUT2D eigenvalue weighted by Gasteiger charge is -2.24. The molecule has 0 aliphatic carbocycles. The van der Waals surface area contributed by atoms with E-state index >= 15 is 0 Å². The van der Waals surface area contributed by atoms with Crippen LogP contribution in [0.25, 0.3) is 11.0 Å². The molecule has 0 saturated carbocycles. The van der Waals surface area contributed by atoms with Crippen LogP contribution in [-0.4, -0.2) is 35.9 Å². The Morgan fingerprint density at radius 3 is 2.82 bits per heavy atom. The van der Waals surface area contributed by atoms with Crippen LogP contribution in [0.15, 0.2) is 12.1 Å². The smallest absolute Gasteiger partial charge is 0.163 e. The quantitative estimate of drug-likeness (QED) is 0.945. The Hall–Kier alpha value is -1.75. The second kappa shape index (κ2) is 5.80. The summed E-state index contributed by atoms with van der Waals surface area (Å²) >= 11 is 0. The second-order valence-electron chi connectivity index (χ2n) is 6.19. The molecule has 1 unspecified atom stereocenters. The number of nitrogens with zero attached hydrogens (tertiary/aromatic N) is 2. The van der Waals surface area contributed by atoms with E-state index in [1.807, 2.05) is 6.07 Å². The Morgan fingerprint density at radius 1 is 1.27 bits per heavy atom. The maximum atomic E-state index is 5.74. The highest BCUT2D eigenvalue weighted by Gasteiger charge is 2.20. The van der Waals surface area contributed by atoms with Crippen LogP contribution in [0.3, 0.4) is 0 Å². The van der Waals surface area contributed by atoms with Gasteiger partial charge < -0.3 is 19.4 Å². The van der Waals surface area contributed by atoms with Crippen LogP contribution in [0.1, 0.15) is 25.6 Å². The Labute approximate surface area is 130 Å². The lowest BCUT2D eigenvalue weighted by atomic mass is 9.99. The largest absolute Gasteiger partial charge is 0.486 e. The number of hydrogen-bond acceptors (Lipinski definition) is 4. The van der Waals surface area contributed by atoms with Crippen molar-refractivity contribution < 1.29 is 9.47 Å². The third kappa shape index (κ3) is 2.43. The molecule has 2 aliphatic rings. The molecule has 1 N–H and O–H groups in total. The first-order valence-electron chi connectivity index (χ1n) is 8.34. The molecule has 0 bridgehead atoms. The zero-order chi connectivity index (χ0) is 14.9. The van der Waals surface area contributed by atoms with Gasteiger partial charge in [-0.1, -0.05) is 6.92 Å². The number of fused-ring (bicyclic) bond motifs is 2. The van der Waals surface area contributed by atoms with Gasteiger partial charge in [-0.15, -0.1) is 0 Å². The molecule has 1 saturated heterocycles. The van der Waals surface area contributed by atoms with Gasteiger partial charge in [-0.2, -0.15) is 0 Å². The van der Waals surface area contributed by atoms with Crippen molar-refractivity contribution in [2.45, 2.75) is 32.7 Å². The van der Waals surface area contributed by atoms with E-state index in [1.54, 1.807) is 0 Å². The summed E-state index contributed by atoms with van der Waals surface area (Å²) in [5, 5.41) is 3.50. The molecule has 0 amide bonds. The average molecular weight is 301 g/mol. The van der Waals surface area contributed by atoms with Gasteiger partial charge in [-0.3, -0.25) is 0 Å². The summed E-state index contributed by atoms with van der Waals surface area (Å²) in [7, 11) is 0. The molecule has 22 heavy (non-hydrogen) atoms. The van der Waals surface area contributed by atoms with E-state index in [0.29, 0.717) is 19.1 Å². The monoisotopic (exact) mass is 301 g/mol. The van der Waals surface area contributed by atoms with E-state index in [9.17, 15) is 0 Å². The Bertz CT molecular complexity index is 674. The van der Waals surface area contributed by atoms with Crippen LogP contribution in [0, 0.1) is 5.92 Å². The summed E-state index contributed by atoms with van der Waals surface area (Å²) in [4.78, 5) is 4.81. The maximum absolute atomic E-state index is 5.74. The first-order valence-corrected chi connectivity index (χ1v) is 8.34. The normalized spacial score (nSPS) is 21.2. The molecule has 1 aromatic carbocycles. The first kappa shape index (κ1) is 13.9. The van der Waals surface area contributed by atoms with Gasteiger partial charge in [0.25, 0.3) is 0 Å². The fourth-order valence-electron chi connectivity index (χ4n) is 3.52. The Balaban J connectivity index is 1.74. The molecule has 0 spiro atoms. The van der Waals surface area contributed by atoms with Crippen molar-refractivity contribution in [1.82, 2.24) is 14.9 Å². The van der Waals surface area contributed by atoms with Crippen molar-refractivity contribution in [3.8, 4) is 11.5 Å². The molecular weight excluding hydrogens is 278 g/mol. The molecule has 3 heterocycles. The highest BCUT2D eigenvalue weighted by molar-refractivity contribution is 5.80. The number of piperidine rings is 1. The molecule has 2 aromatic rings. The molecule has 2 aliphatic heterocycles. The standard InChI is InChI=1S/C17H23N3O2/c1-2-17-19-13-8-15-16(22-7-6-21-15)9-14(13)20(17)11-12-4-3-5-18-10-12/h8-9,12,18H,2-7,10-11H2,1H3. The molecule has 5 nitrogen and oxygen atoms in total. The van der Waals surface area contributed by atoms with Crippen LogP contribution >= 0.6 is 0 Å². The molecular formula is C17H23N3O2. The van der Waals surface area contributed by atoms with Crippen LogP contribution in [0.2, 0.25) is 0 Å². The van der Waals surface area contributed by atoms with E-state index < -0.39 is 0 Å². The summed E-state index contributed by atoms with van der Waals surface area (Å²) in [5.41, 5.74) is 2.19. The molecule has 1 atom stereocenters. The van der Waals surface area contributed by atoms with Gasteiger partial charge in [0, 0.05) is 25.1 Å². The molecule has 0 radical (unpaired) electrons. The highest BCUT2D eigenvalue weighted by atomic mass is 16.6. The van der Waals surface area contributed by atoms with E-state index in [1.165, 1.54) is 18.4 Å². The number of hydrogen-bond donors (Lipinski definition) is 1. The maximum Gasteiger partial charge on any atom is 0.163 e. The Morgan fingerprint density at radius 2 is 2.09 bits per heavy atom. The van der Waals surface area contributed by atoms with Gasteiger partial charge in [0.2, 0.25) is 0 Å². The first-order chi connectivity index (χ1) is 10.8. The minimum Gasteiger partial charge on any atom is -0.486 e. The number of benzene rings is 1. The second-order valence-corrected chi connectivity index (χ2v) is 6.19. The van der Waals surface area contributed by atoms with Crippen LogP contribution in [0.5, 0.6) is 11.5 Å². The van der Waals surface area contributed by atoms with Crippen molar-refractivity contribution >= 4 is 11.0 Å². The SMILES string of the molecule is CCc1nc2cc3c(cc2n1CC1CCCNC1)OCCO3. The minimum absolute atomic E-state index is 0.619. The predicted octanol–water partition coefficient (Wildman–Crippen LogP) is 2.37. The molecule has 1 aromatic heterocycles. The van der Waals surface area contributed by atoms with Crippen LogP contribution in [0.4, 0.5) is 0 Å². The van der Waals surface area contributed by atoms with Gasteiger partial charge in [-0.05, 0) is 31.8 Å². The summed E-state index contributed by atoms with van der Waals surface area (Å²) in [5.74, 6) is 3.52. The Kier molecular flexibility index (Phi) is 3.66. The van der Waals surface area contributed by atoms with Gasteiger partial charge >= 0.3 is 0 Å². The van der Waals surface area contributed by atoms with Crippen molar-refractivity contribution in [2.24, 2.45) is 5.92 Å². The third-order valence-electron chi connectivity index (χ3n) is 4.65. The van der Waals surface area contributed by atoms with Crippen LogP contribution < -0.4 is 14.8 Å². The van der Waals surface area contributed by atoms with Crippen molar-refractivity contribution in [3.63, 3.8) is 0 Å². The van der Waals surface area contributed by atoms with Crippen LogP contribution in [-0.2, 0) is 13.0 Å². The van der Waals surface area contributed by atoms with E-state index in [2.05, 4.69) is 22.9 Å².